The highest BCUT2D eigenvalue weighted by atomic mass is 16.5. The van der Waals surface area contributed by atoms with Gasteiger partial charge in [0, 0.05) is 11.5 Å². The van der Waals surface area contributed by atoms with Crippen molar-refractivity contribution in [2.45, 2.75) is 58.5 Å². The quantitative estimate of drug-likeness (QED) is 0.213. The van der Waals surface area contributed by atoms with E-state index in [0.717, 1.165) is 48.8 Å². The molecule has 0 spiro atoms. The molecule has 0 amide bonds. The van der Waals surface area contributed by atoms with Crippen molar-refractivity contribution in [1.82, 2.24) is 0 Å². The van der Waals surface area contributed by atoms with Crippen LogP contribution < -0.4 is 0 Å². The summed E-state index contributed by atoms with van der Waals surface area (Å²) >= 11 is 0. The van der Waals surface area contributed by atoms with Gasteiger partial charge in [0.2, 0.25) is 0 Å². The predicted molar refractivity (Wildman–Crippen MR) is 133 cm³/mol. The van der Waals surface area contributed by atoms with E-state index in [9.17, 15) is 15.0 Å². The number of phenolic OH excluding ortho intramolecular Hbond substituents is 1. The lowest BCUT2D eigenvalue weighted by Gasteiger charge is -2.59. The zero-order valence-corrected chi connectivity index (χ0v) is 20.1. The number of aliphatic hydroxyl groups is 1. The molecular formula is C29H38O4. The van der Waals surface area contributed by atoms with Crippen molar-refractivity contribution in [1.29, 1.82) is 0 Å². The molecule has 2 aliphatic carbocycles. The molecule has 2 saturated carbocycles. The zero-order valence-electron chi connectivity index (χ0n) is 20.1. The molecule has 1 aromatic carbocycles. The van der Waals surface area contributed by atoms with Crippen molar-refractivity contribution in [3.8, 4) is 5.75 Å². The van der Waals surface area contributed by atoms with E-state index in [2.05, 4.69) is 33.6 Å². The Morgan fingerprint density at radius 2 is 1.94 bits per heavy atom. The van der Waals surface area contributed by atoms with Crippen molar-refractivity contribution in [2.24, 2.45) is 22.7 Å². The molecule has 0 aliphatic heterocycles. The van der Waals surface area contributed by atoms with Crippen molar-refractivity contribution in [3.63, 3.8) is 0 Å². The summed E-state index contributed by atoms with van der Waals surface area (Å²) in [5.41, 5.74) is 2.56. The first-order valence-corrected chi connectivity index (χ1v) is 11.9. The third kappa shape index (κ3) is 5.50. The van der Waals surface area contributed by atoms with Gasteiger partial charge in [-0.2, -0.15) is 0 Å². The number of rotatable bonds is 8. The van der Waals surface area contributed by atoms with Gasteiger partial charge in [0.15, 0.2) is 0 Å². The number of allylic oxidation sites excluding steroid dienone is 2. The number of aromatic hydroxyl groups is 1. The second kappa shape index (κ2) is 10.1. The smallest absolute Gasteiger partial charge is 0.330 e. The van der Waals surface area contributed by atoms with Gasteiger partial charge in [0.05, 0.1) is 12.7 Å². The van der Waals surface area contributed by atoms with Crippen LogP contribution in [0.25, 0.3) is 6.08 Å². The number of hydrogen-bond donors (Lipinski definition) is 2. The number of phenols is 1. The van der Waals surface area contributed by atoms with E-state index in [1.165, 1.54) is 6.08 Å². The fourth-order valence-corrected chi connectivity index (χ4v) is 6.17. The average Bonchev–Trinajstić information content (AvgIpc) is 2.79. The number of hydrogen-bond acceptors (Lipinski definition) is 4. The van der Waals surface area contributed by atoms with Gasteiger partial charge >= 0.3 is 5.97 Å². The number of benzene rings is 1. The Balaban J connectivity index is 1.72. The van der Waals surface area contributed by atoms with E-state index in [1.807, 2.05) is 0 Å². The largest absolute Gasteiger partial charge is 0.508 e. The van der Waals surface area contributed by atoms with Gasteiger partial charge in [0.1, 0.15) is 5.75 Å². The molecule has 0 aromatic heterocycles. The van der Waals surface area contributed by atoms with Gasteiger partial charge in [-0.25, -0.2) is 4.79 Å². The Labute approximate surface area is 198 Å². The SMILES string of the molecule is C=CC(=C)CC[C@H]1C(=C)[C@@H](O)C[C@H]2[C@@](C)(COC(=O)/C=C\c3ccc(O)cc3)CCC[C@]12C. The van der Waals surface area contributed by atoms with Crippen LogP contribution in [0, 0.1) is 22.7 Å². The van der Waals surface area contributed by atoms with Crippen molar-refractivity contribution in [2.75, 3.05) is 6.61 Å². The highest BCUT2D eigenvalue weighted by Gasteiger charge is 2.56. The number of esters is 1. The lowest BCUT2D eigenvalue weighted by molar-refractivity contribution is -0.152. The fraction of sp³-hybridized carbons (Fsp3) is 0.483. The molecular weight excluding hydrogens is 412 g/mol. The summed E-state index contributed by atoms with van der Waals surface area (Å²) in [6.07, 6.45) is 9.90. The molecule has 0 heterocycles. The maximum absolute atomic E-state index is 12.5. The molecule has 4 heteroatoms. The Morgan fingerprint density at radius 1 is 1.24 bits per heavy atom. The van der Waals surface area contributed by atoms with Crippen LogP contribution in [0.3, 0.4) is 0 Å². The third-order valence-electron chi connectivity index (χ3n) is 8.12. The minimum atomic E-state index is -0.535. The summed E-state index contributed by atoms with van der Waals surface area (Å²) in [5, 5.41) is 20.3. The van der Waals surface area contributed by atoms with Crippen LogP contribution in [0.2, 0.25) is 0 Å². The fourth-order valence-electron chi connectivity index (χ4n) is 6.17. The predicted octanol–water partition coefficient (Wildman–Crippen LogP) is 6.22. The maximum Gasteiger partial charge on any atom is 0.330 e. The topological polar surface area (TPSA) is 66.8 Å². The molecule has 0 bridgehead atoms. The minimum absolute atomic E-state index is 0.000942. The summed E-state index contributed by atoms with van der Waals surface area (Å²) in [5.74, 6) is 0.242. The van der Waals surface area contributed by atoms with Gasteiger partial charge in [-0.15, -0.1) is 0 Å². The summed E-state index contributed by atoms with van der Waals surface area (Å²) in [7, 11) is 0. The van der Waals surface area contributed by atoms with Crippen LogP contribution in [-0.4, -0.2) is 28.9 Å². The van der Waals surface area contributed by atoms with E-state index in [0.29, 0.717) is 13.0 Å². The molecule has 2 N–H and O–H groups in total. The normalized spacial score (nSPS) is 31.7. The zero-order chi connectivity index (χ0) is 24.2. The summed E-state index contributed by atoms with van der Waals surface area (Å²) in [6.45, 7) is 17.0. The van der Waals surface area contributed by atoms with Crippen molar-refractivity contribution < 1.29 is 19.7 Å². The monoisotopic (exact) mass is 450 g/mol. The van der Waals surface area contributed by atoms with Crippen LogP contribution in [0.15, 0.2) is 67.3 Å². The summed E-state index contributed by atoms with van der Waals surface area (Å²) in [6, 6.07) is 6.64. The Kier molecular flexibility index (Phi) is 7.69. The molecule has 2 fully saturated rings. The molecule has 4 nitrogen and oxygen atoms in total. The van der Waals surface area contributed by atoms with Gasteiger partial charge < -0.3 is 14.9 Å². The molecule has 33 heavy (non-hydrogen) atoms. The second-order valence-electron chi connectivity index (χ2n) is 10.4. The van der Waals surface area contributed by atoms with Crippen LogP contribution in [0.4, 0.5) is 0 Å². The van der Waals surface area contributed by atoms with Crippen LogP contribution >= 0.6 is 0 Å². The minimum Gasteiger partial charge on any atom is -0.508 e. The molecule has 0 saturated heterocycles. The van der Waals surface area contributed by atoms with E-state index >= 15 is 0 Å². The molecule has 0 unspecified atom stereocenters. The lowest BCUT2D eigenvalue weighted by atomic mass is 9.46. The second-order valence-corrected chi connectivity index (χ2v) is 10.4. The number of aliphatic hydroxyl groups excluding tert-OH is 1. The average molecular weight is 451 g/mol. The van der Waals surface area contributed by atoms with Gasteiger partial charge in [-0.05, 0) is 78.7 Å². The number of carbonyl (C=O) groups excluding carboxylic acids is 1. The first-order valence-electron chi connectivity index (χ1n) is 11.9. The van der Waals surface area contributed by atoms with Crippen LogP contribution in [0.5, 0.6) is 5.75 Å². The van der Waals surface area contributed by atoms with Crippen molar-refractivity contribution in [3.05, 3.63) is 72.9 Å². The molecule has 2 aliphatic rings. The third-order valence-corrected chi connectivity index (χ3v) is 8.12. The standard InChI is InChI=1S/C29H38O4/c1-6-20(2)8-14-24-21(3)25(31)18-26-28(4,16-7-17-29(24,26)5)19-33-27(32)15-11-22-9-12-23(30)13-10-22/h6,9-13,15,24-26,30-31H,1-3,7-8,14,16-19H2,4-5H3/b15-11-/t24-,25-,26-,28+,29+/m0/s1. The van der Waals surface area contributed by atoms with E-state index in [4.69, 9.17) is 4.74 Å². The Morgan fingerprint density at radius 3 is 2.61 bits per heavy atom. The number of ether oxygens (including phenoxy) is 1. The molecule has 3 rings (SSSR count). The highest BCUT2D eigenvalue weighted by molar-refractivity contribution is 5.87. The van der Waals surface area contributed by atoms with E-state index in [1.54, 1.807) is 36.4 Å². The van der Waals surface area contributed by atoms with Gasteiger partial charge in [-0.1, -0.05) is 63.8 Å². The van der Waals surface area contributed by atoms with Crippen LogP contribution in [-0.2, 0) is 9.53 Å². The molecule has 5 atom stereocenters. The Hall–Kier alpha value is -2.59. The summed E-state index contributed by atoms with van der Waals surface area (Å²) in [4.78, 5) is 12.5. The van der Waals surface area contributed by atoms with Crippen LogP contribution in [0.1, 0.15) is 57.9 Å². The van der Waals surface area contributed by atoms with Crippen molar-refractivity contribution >= 4 is 12.0 Å². The first kappa shape index (κ1) is 25.0. The molecule has 178 valence electrons. The highest BCUT2D eigenvalue weighted by Crippen LogP contribution is 2.62. The molecule has 0 radical (unpaired) electrons. The number of fused-ring (bicyclic) bond motifs is 1. The summed E-state index contributed by atoms with van der Waals surface area (Å²) < 4.78 is 5.73. The maximum atomic E-state index is 12.5. The Bertz CT molecular complexity index is 927. The lowest BCUT2D eigenvalue weighted by Crippen LogP contribution is -2.55. The first-order chi connectivity index (χ1) is 15.6. The van der Waals surface area contributed by atoms with Gasteiger partial charge in [-0.3, -0.25) is 0 Å². The number of carbonyl (C=O) groups is 1. The van der Waals surface area contributed by atoms with E-state index < -0.39 is 6.10 Å². The van der Waals surface area contributed by atoms with Gasteiger partial charge in [0.25, 0.3) is 0 Å². The van der Waals surface area contributed by atoms with E-state index in [-0.39, 0.29) is 34.4 Å². The molecule has 1 aromatic rings.